The first-order valence-corrected chi connectivity index (χ1v) is 8.33. The lowest BCUT2D eigenvalue weighted by Crippen LogP contribution is -2.18. The first-order valence-electron chi connectivity index (χ1n) is 7.58. The first kappa shape index (κ1) is 16.0. The molecule has 0 saturated carbocycles. The van der Waals surface area contributed by atoms with Crippen molar-refractivity contribution in [1.29, 1.82) is 0 Å². The molecule has 0 aliphatic carbocycles. The Morgan fingerprint density at radius 1 is 1.28 bits per heavy atom. The number of aromatic amines is 1. The SMILES string of the molecule is CN(C1=CC(=O)OC1)c1[nH]c2ccccc2c1-c1cnc(Cl)c(Cl)c1. The van der Waals surface area contributed by atoms with Gasteiger partial charge in [-0.3, -0.25) is 0 Å². The van der Waals surface area contributed by atoms with Gasteiger partial charge in [0, 0.05) is 41.4 Å². The van der Waals surface area contributed by atoms with Crippen LogP contribution in [0, 0.1) is 0 Å². The van der Waals surface area contributed by atoms with Crippen LogP contribution in [-0.2, 0) is 9.53 Å². The molecule has 3 aromatic rings. The van der Waals surface area contributed by atoms with Gasteiger partial charge in [-0.05, 0) is 12.1 Å². The second kappa shape index (κ2) is 6.10. The van der Waals surface area contributed by atoms with Crippen LogP contribution in [0.4, 0.5) is 5.82 Å². The summed E-state index contributed by atoms with van der Waals surface area (Å²) < 4.78 is 5.02. The summed E-state index contributed by atoms with van der Waals surface area (Å²) in [5.74, 6) is 0.488. The van der Waals surface area contributed by atoms with E-state index in [1.807, 2.05) is 36.2 Å². The number of ether oxygens (including phenoxy) is 1. The highest BCUT2D eigenvalue weighted by atomic mass is 35.5. The van der Waals surface area contributed by atoms with Crippen molar-refractivity contribution in [2.24, 2.45) is 0 Å². The second-order valence-electron chi connectivity index (χ2n) is 5.69. The number of halogens is 2. The van der Waals surface area contributed by atoms with Crippen molar-refractivity contribution in [2.75, 3.05) is 18.6 Å². The number of likely N-dealkylation sites (N-methyl/N-ethyl adjacent to an activating group) is 1. The van der Waals surface area contributed by atoms with Gasteiger partial charge < -0.3 is 14.6 Å². The number of aromatic nitrogens is 2. The Labute approximate surface area is 153 Å². The first-order chi connectivity index (χ1) is 12.0. The predicted molar refractivity (Wildman–Crippen MR) is 99.0 cm³/mol. The number of anilines is 1. The van der Waals surface area contributed by atoms with Gasteiger partial charge in [-0.1, -0.05) is 41.4 Å². The van der Waals surface area contributed by atoms with Gasteiger partial charge in [-0.2, -0.15) is 0 Å². The van der Waals surface area contributed by atoms with Crippen LogP contribution in [0.2, 0.25) is 10.2 Å². The number of esters is 1. The van der Waals surface area contributed by atoms with Gasteiger partial charge in [0.1, 0.15) is 17.6 Å². The molecule has 25 heavy (non-hydrogen) atoms. The summed E-state index contributed by atoms with van der Waals surface area (Å²) in [6.45, 7) is 0.240. The number of nitrogens with one attached hydrogen (secondary N) is 1. The minimum atomic E-state index is -0.337. The zero-order chi connectivity index (χ0) is 17.6. The predicted octanol–water partition coefficient (Wildman–Crippen LogP) is 4.41. The number of hydrogen-bond acceptors (Lipinski definition) is 4. The normalized spacial score (nSPS) is 13.9. The molecule has 2 aromatic heterocycles. The number of carbonyl (C=O) groups excluding carboxylic acids is 1. The number of hydrogen-bond donors (Lipinski definition) is 1. The van der Waals surface area contributed by atoms with Crippen molar-refractivity contribution >= 4 is 45.9 Å². The Morgan fingerprint density at radius 2 is 2.08 bits per heavy atom. The molecule has 0 fully saturated rings. The Balaban J connectivity index is 1.93. The Kier molecular flexibility index (Phi) is 3.90. The molecule has 0 bridgehead atoms. The minimum Gasteiger partial charge on any atom is -0.456 e. The molecule has 126 valence electrons. The number of pyridine rings is 1. The van der Waals surface area contributed by atoms with Gasteiger partial charge in [0.2, 0.25) is 0 Å². The largest absolute Gasteiger partial charge is 0.456 e. The van der Waals surface area contributed by atoms with E-state index in [-0.39, 0.29) is 17.7 Å². The van der Waals surface area contributed by atoms with Crippen LogP contribution in [-0.4, -0.2) is 29.6 Å². The van der Waals surface area contributed by atoms with Crippen LogP contribution < -0.4 is 4.90 Å². The zero-order valence-corrected chi connectivity index (χ0v) is 14.7. The summed E-state index contributed by atoms with van der Waals surface area (Å²) in [7, 11) is 1.88. The van der Waals surface area contributed by atoms with Crippen LogP contribution in [0.5, 0.6) is 0 Å². The quantitative estimate of drug-likeness (QED) is 0.545. The molecule has 0 spiro atoms. The number of cyclic esters (lactones) is 1. The standard InChI is InChI=1S/C18H13Cl2N3O2/c1-23(11-7-15(24)25-9-11)18-16(10-6-13(19)17(20)21-8-10)12-4-2-3-5-14(12)22-18/h2-8,22H,9H2,1H3. The molecule has 0 amide bonds. The van der Waals surface area contributed by atoms with Crippen LogP contribution in [0.25, 0.3) is 22.0 Å². The third-order valence-corrected chi connectivity index (χ3v) is 4.87. The summed E-state index contributed by atoms with van der Waals surface area (Å²) >= 11 is 12.1. The van der Waals surface area contributed by atoms with Gasteiger partial charge in [-0.15, -0.1) is 0 Å². The molecule has 3 heterocycles. The van der Waals surface area contributed by atoms with Gasteiger partial charge in [0.05, 0.1) is 10.7 Å². The highest BCUT2D eigenvalue weighted by Gasteiger charge is 2.23. The Hall–Kier alpha value is -2.50. The smallest absolute Gasteiger partial charge is 0.333 e. The van der Waals surface area contributed by atoms with E-state index in [2.05, 4.69) is 9.97 Å². The Morgan fingerprint density at radius 3 is 2.80 bits per heavy atom. The molecule has 7 heteroatoms. The van der Waals surface area contributed by atoms with E-state index >= 15 is 0 Å². The molecular weight excluding hydrogens is 361 g/mol. The van der Waals surface area contributed by atoms with Crippen LogP contribution in [0.3, 0.4) is 0 Å². The van der Waals surface area contributed by atoms with E-state index in [1.54, 1.807) is 12.3 Å². The highest BCUT2D eigenvalue weighted by Crippen LogP contribution is 2.40. The van der Waals surface area contributed by atoms with Crippen LogP contribution in [0.15, 0.2) is 48.3 Å². The maximum absolute atomic E-state index is 11.4. The van der Waals surface area contributed by atoms with Gasteiger partial charge in [0.25, 0.3) is 0 Å². The molecule has 0 atom stereocenters. The van der Waals surface area contributed by atoms with E-state index in [1.165, 1.54) is 6.08 Å². The average molecular weight is 374 g/mol. The third-order valence-electron chi connectivity index (χ3n) is 4.18. The van der Waals surface area contributed by atoms with E-state index < -0.39 is 0 Å². The fourth-order valence-electron chi connectivity index (χ4n) is 2.93. The van der Waals surface area contributed by atoms with Crippen molar-refractivity contribution in [3.63, 3.8) is 0 Å². The molecule has 1 aliphatic heterocycles. The zero-order valence-electron chi connectivity index (χ0n) is 13.2. The molecular formula is C18H13Cl2N3O2. The van der Waals surface area contributed by atoms with E-state index in [0.29, 0.717) is 5.02 Å². The average Bonchev–Trinajstić information content (AvgIpc) is 3.20. The number of carbonyl (C=O) groups is 1. The number of rotatable bonds is 3. The topological polar surface area (TPSA) is 58.2 Å². The summed E-state index contributed by atoms with van der Waals surface area (Å²) in [6, 6.07) is 9.73. The third kappa shape index (κ3) is 2.75. The van der Waals surface area contributed by atoms with Crippen LogP contribution >= 0.6 is 23.2 Å². The van der Waals surface area contributed by atoms with Crippen LogP contribution in [0.1, 0.15) is 0 Å². The van der Waals surface area contributed by atoms with E-state index in [9.17, 15) is 4.79 Å². The molecule has 0 saturated heterocycles. The number of nitrogens with zero attached hydrogens (tertiary/aromatic N) is 2. The number of benzene rings is 1. The fourth-order valence-corrected chi connectivity index (χ4v) is 3.20. The molecule has 4 rings (SSSR count). The maximum Gasteiger partial charge on any atom is 0.333 e. The summed E-state index contributed by atoms with van der Waals surface area (Å²) in [6.07, 6.45) is 3.17. The molecule has 1 aromatic carbocycles. The lowest BCUT2D eigenvalue weighted by atomic mass is 10.1. The second-order valence-corrected chi connectivity index (χ2v) is 6.46. The lowest BCUT2D eigenvalue weighted by molar-refractivity contribution is -0.134. The minimum absolute atomic E-state index is 0.240. The van der Waals surface area contributed by atoms with Crippen molar-refractivity contribution in [3.05, 3.63) is 58.5 Å². The monoisotopic (exact) mass is 373 g/mol. The van der Waals surface area contributed by atoms with E-state index in [4.69, 9.17) is 27.9 Å². The van der Waals surface area contributed by atoms with Gasteiger partial charge in [-0.25, -0.2) is 9.78 Å². The molecule has 0 unspecified atom stereocenters. The molecule has 1 N–H and O–H groups in total. The number of para-hydroxylation sites is 1. The van der Waals surface area contributed by atoms with Gasteiger partial charge >= 0.3 is 5.97 Å². The van der Waals surface area contributed by atoms with Crippen molar-refractivity contribution in [1.82, 2.24) is 9.97 Å². The highest BCUT2D eigenvalue weighted by molar-refractivity contribution is 6.41. The molecule has 1 aliphatic rings. The summed E-state index contributed by atoms with van der Waals surface area (Å²) in [5.41, 5.74) is 3.51. The fraction of sp³-hybridized carbons (Fsp3) is 0.111. The summed E-state index contributed by atoms with van der Waals surface area (Å²) in [4.78, 5) is 20.9. The van der Waals surface area contributed by atoms with Crippen molar-refractivity contribution in [2.45, 2.75) is 0 Å². The van der Waals surface area contributed by atoms with Crippen molar-refractivity contribution in [3.8, 4) is 11.1 Å². The molecule has 5 nitrogen and oxygen atoms in total. The number of fused-ring (bicyclic) bond motifs is 1. The van der Waals surface area contributed by atoms with Gasteiger partial charge in [0.15, 0.2) is 0 Å². The number of H-pyrrole nitrogens is 1. The maximum atomic E-state index is 11.4. The Bertz CT molecular complexity index is 1030. The summed E-state index contributed by atoms with van der Waals surface area (Å²) in [5, 5.41) is 1.67. The molecule has 0 radical (unpaired) electrons. The van der Waals surface area contributed by atoms with Crippen molar-refractivity contribution < 1.29 is 9.53 Å². The lowest BCUT2D eigenvalue weighted by Gasteiger charge is -2.20. The van der Waals surface area contributed by atoms with E-state index in [0.717, 1.165) is 33.5 Å².